The summed E-state index contributed by atoms with van der Waals surface area (Å²) >= 11 is 0. The van der Waals surface area contributed by atoms with Crippen molar-refractivity contribution < 1.29 is 23.4 Å². The number of carboxylic acid groups (broad SMARTS) is 1. The third-order valence-corrected chi connectivity index (χ3v) is 8.03. The molecular formula is C29H35F2N3O3. The van der Waals surface area contributed by atoms with Crippen LogP contribution in [0, 0.1) is 24.6 Å². The molecule has 2 N–H and O–H groups in total. The normalized spacial score (nSPS) is 21.5. The number of rotatable bonds is 9. The van der Waals surface area contributed by atoms with Crippen molar-refractivity contribution in [2.75, 3.05) is 39.5 Å². The Morgan fingerprint density at radius 3 is 2.73 bits per heavy atom. The number of alkyl halides is 1. The SMILES string of the molecule is Cc1c(OCCN2CC(CF)C2)ccc(F)c1[C@@H]1c2[nH]c3ccccc3c2C[C@@H](C)N1C[C@H](C)C(=O)O. The number of aromatic nitrogens is 1. The molecule has 1 saturated heterocycles. The molecule has 0 amide bonds. The molecule has 0 aliphatic carbocycles. The smallest absolute Gasteiger partial charge is 0.307 e. The summed E-state index contributed by atoms with van der Waals surface area (Å²) in [6.45, 7) is 8.27. The average Bonchev–Trinajstić information content (AvgIpc) is 3.21. The standard InChI is InChI=1S/C29H35F2N3O3/c1-17(29(35)36)14-34-18(2)12-22-21-6-4-5-7-24(21)32-27(22)28(34)26-19(3)25(9-8-23(26)31)37-11-10-33-15-20(13-30)16-33/h4-9,17-18,20,28,32H,10-16H2,1-3H3,(H,35,36)/t17-,18+,28+/m0/s1. The lowest BCUT2D eigenvalue weighted by atomic mass is 9.86. The minimum absolute atomic E-state index is 0.0109. The number of nitrogens with one attached hydrogen (secondary N) is 1. The van der Waals surface area contributed by atoms with Gasteiger partial charge >= 0.3 is 5.97 Å². The lowest BCUT2D eigenvalue weighted by Gasteiger charge is -2.42. The lowest BCUT2D eigenvalue weighted by molar-refractivity contribution is -0.142. The van der Waals surface area contributed by atoms with Crippen molar-refractivity contribution in [2.45, 2.75) is 39.3 Å². The zero-order valence-corrected chi connectivity index (χ0v) is 21.6. The van der Waals surface area contributed by atoms with Crippen LogP contribution in [0.2, 0.25) is 0 Å². The Kier molecular flexibility index (Phi) is 7.23. The molecule has 2 aromatic carbocycles. The van der Waals surface area contributed by atoms with E-state index in [9.17, 15) is 14.3 Å². The first-order chi connectivity index (χ1) is 17.8. The number of hydrogen-bond donors (Lipinski definition) is 2. The fraction of sp³-hybridized carbons (Fsp3) is 0.483. The quantitative estimate of drug-likeness (QED) is 0.425. The molecule has 0 radical (unpaired) electrons. The van der Waals surface area contributed by atoms with E-state index in [2.05, 4.69) is 27.8 Å². The number of carboxylic acids is 1. The van der Waals surface area contributed by atoms with Gasteiger partial charge in [0.05, 0.1) is 18.6 Å². The van der Waals surface area contributed by atoms with Gasteiger partial charge in [-0.1, -0.05) is 25.1 Å². The van der Waals surface area contributed by atoms with E-state index in [0.717, 1.165) is 41.7 Å². The van der Waals surface area contributed by atoms with Crippen LogP contribution >= 0.6 is 0 Å². The third-order valence-electron chi connectivity index (χ3n) is 8.03. The molecule has 0 bridgehead atoms. The van der Waals surface area contributed by atoms with Crippen molar-refractivity contribution in [1.29, 1.82) is 0 Å². The van der Waals surface area contributed by atoms with Crippen LogP contribution in [0.25, 0.3) is 10.9 Å². The highest BCUT2D eigenvalue weighted by Crippen LogP contribution is 2.44. The van der Waals surface area contributed by atoms with Gasteiger partial charge in [0.1, 0.15) is 18.2 Å². The number of fused-ring (bicyclic) bond motifs is 3. The van der Waals surface area contributed by atoms with Crippen LogP contribution in [0.15, 0.2) is 36.4 Å². The van der Waals surface area contributed by atoms with E-state index in [1.54, 1.807) is 13.0 Å². The molecule has 1 aromatic heterocycles. The molecule has 198 valence electrons. The molecule has 1 fully saturated rings. The summed E-state index contributed by atoms with van der Waals surface area (Å²) in [5.74, 6) is -1.08. The molecule has 3 aromatic rings. The first-order valence-electron chi connectivity index (χ1n) is 13.1. The number of benzene rings is 2. The molecule has 2 aliphatic rings. The zero-order chi connectivity index (χ0) is 26.3. The maximum atomic E-state index is 15.7. The second-order valence-corrected chi connectivity index (χ2v) is 10.7. The van der Waals surface area contributed by atoms with E-state index in [1.165, 1.54) is 6.07 Å². The highest BCUT2D eigenvalue weighted by atomic mass is 19.1. The number of aliphatic carboxylic acids is 1. The van der Waals surface area contributed by atoms with Gasteiger partial charge < -0.3 is 14.8 Å². The Morgan fingerprint density at radius 1 is 1.24 bits per heavy atom. The van der Waals surface area contributed by atoms with E-state index in [4.69, 9.17) is 4.74 Å². The van der Waals surface area contributed by atoms with E-state index in [-0.39, 0.29) is 24.5 Å². The van der Waals surface area contributed by atoms with Crippen molar-refractivity contribution in [1.82, 2.24) is 14.8 Å². The summed E-state index contributed by atoms with van der Waals surface area (Å²) in [6, 6.07) is 10.7. The number of ether oxygens (including phenoxy) is 1. The van der Waals surface area contributed by atoms with Gasteiger partial charge in [0.25, 0.3) is 0 Å². The van der Waals surface area contributed by atoms with Gasteiger partial charge in [0.15, 0.2) is 0 Å². The number of carbonyl (C=O) groups is 1. The molecule has 3 heterocycles. The average molecular weight is 512 g/mol. The number of hydrogen-bond acceptors (Lipinski definition) is 4. The number of nitrogens with zero attached hydrogens (tertiary/aromatic N) is 2. The van der Waals surface area contributed by atoms with Gasteiger partial charge in [0, 0.05) is 60.3 Å². The molecule has 6 nitrogen and oxygen atoms in total. The largest absolute Gasteiger partial charge is 0.492 e. The van der Waals surface area contributed by atoms with Crippen molar-refractivity contribution in [3.05, 3.63) is 64.6 Å². The fourth-order valence-corrected chi connectivity index (χ4v) is 5.91. The molecular weight excluding hydrogens is 476 g/mol. The zero-order valence-electron chi connectivity index (χ0n) is 21.6. The van der Waals surface area contributed by atoms with Crippen molar-refractivity contribution in [3.8, 4) is 5.75 Å². The number of halogens is 2. The highest BCUT2D eigenvalue weighted by Gasteiger charge is 2.39. The van der Waals surface area contributed by atoms with Gasteiger partial charge in [-0.15, -0.1) is 0 Å². The summed E-state index contributed by atoms with van der Waals surface area (Å²) in [7, 11) is 0. The molecule has 2 aliphatic heterocycles. The van der Waals surface area contributed by atoms with E-state index < -0.39 is 17.9 Å². The second-order valence-electron chi connectivity index (χ2n) is 10.7. The van der Waals surface area contributed by atoms with Crippen LogP contribution in [0.5, 0.6) is 5.75 Å². The predicted molar refractivity (Wildman–Crippen MR) is 139 cm³/mol. The van der Waals surface area contributed by atoms with Crippen LogP contribution in [0.4, 0.5) is 8.78 Å². The maximum Gasteiger partial charge on any atom is 0.307 e. The predicted octanol–water partition coefficient (Wildman–Crippen LogP) is 4.95. The Balaban J connectivity index is 1.51. The van der Waals surface area contributed by atoms with Gasteiger partial charge in [-0.2, -0.15) is 0 Å². The topological polar surface area (TPSA) is 68.8 Å². The van der Waals surface area contributed by atoms with Crippen LogP contribution in [0.1, 0.15) is 42.3 Å². The highest BCUT2D eigenvalue weighted by molar-refractivity contribution is 5.85. The Bertz CT molecular complexity index is 1290. The van der Waals surface area contributed by atoms with E-state index in [1.807, 2.05) is 25.1 Å². The fourth-order valence-electron chi connectivity index (χ4n) is 5.91. The van der Waals surface area contributed by atoms with E-state index >= 15 is 4.39 Å². The molecule has 37 heavy (non-hydrogen) atoms. The van der Waals surface area contributed by atoms with Crippen LogP contribution in [-0.4, -0.2) is 71.4 Å². The molecule has 5 rings (SSSR count). The number of para-hydroxylation sites is 1. The minimum atomic E-state index is -0.872. The van der Waals surface area contributed by atoms with Gasteiger partial charge in [-0.05, 0) is 49.6 Å². The van der Waals surface area contributed by atoms with Crippen molar-refractivity contribution >= 4 is 16.9 Å². The van der Waals surface area contributed by atoms with E-state index in [0.29, 0.717) is 36.6 Å². The first kappa shape index (κ1) is 25.7. The number of aromatic amines is 1. The lowest BCUT2D eigenvalue weighted by Crippen LogP contribution is -2.49. The molecule has 0 saturated carbocycles. The number of likely N-dealkylation sites (tertiary alicyclic amines) is 1. The van der Waals surface area contributed by atoms with Crippen LogP contribution in [-0.2, 0) is 11.2 Å². The molecule has 0 spiro atoms. The summed E-state index contributed by atoms with van der Waals surface area (Å²) < 4.78 is 34.5. The Morgan fingerprint density at radius 2 is 2.00 bits per heavy atom. The summed E-state index contributed by atoms with van der Waals surface area (Å²) in [6.07, 6.45) is 0.745. The van der Waals surface area contributed by atoms with Gasteiger partial charge in [0.2, 0.25) is 0 Å². The second kappa shape index (κ2) is 10.4. The monoisotopic (exact) mass is 511 g/mol. The summed E-state index contributed by atoms with van der Waals surface area (Å²) in [5, 5.41) is 10.8. The van der Waals surface area contributed by atoms with Crippen LogP contribution in [0.3, 0.4) is 0 Å². The van der Waals surface area contributed by atoms with Crippen LogP contribution < -0.4 is 4.74 Å². The van der Waals surface area contributed by atoms with Crippen molar-refractivity contribution in [3.63, 3.8) is 0 Å². The van der Waals surface area contributed by atoms with Gasteiger partial charge in [-0.3, -0.25) is 19.0 Å². The first-order valence-corrected chi connectivity index (χ1v) is 13.1. The Hall–Kier alpha value is -2.97. The number of H-pyrrole nitrogens is 1. The third kappa shape index (κ3) is 4.84. The minimum Gasteiger partial charge on any atom is -0.492 e. The Labute approximate surface area is 216 Å². The maximum absolute atomic E-state index is 15.7. The summed E-state index contributed by atoms with van der Waals surface area (Å²) in [5.41, 5.74) is 4.27. The summed E-state index contributed by atoms with van der Waals surface area (Å²) in [4.78, 5) is 19.6. The molecule has 0 unspecified atom stereocenters. The molecule has 3 atom stereocenters. The van der Waals surface area contributed by atoms with Crippen molar-refractivity contribution in [2.24, 2.45) is 11.8 Å². The van der Waals surface area contributed by atoms with Gasteiger partial charge in [-0.25, -0.2) is 4.39 Å². The molecule has 8 heteroatoms.